The molecule has 0 radical (unpaired) electrons. The minimum atomic E-state index is -5.08. The van der Waals surface area contributed by atoms with Crippen LogP contribution in [-0.2, 0) is 22.6 Å². The number of carboxylic acids is 1. The summed E-state index contributed by atoms with van der Waals surface area (Å²) in [5.74, 6) is 2.52. The summed E-state index contributed by atoms with van der Waals surface area (Å²) in [7, 11) is 1.75. The fraction of sp³-hybridized carbons (Fsp3) is 0.303. The van der Waals surface area contributed by atoms with E-state index in [0.29, 0.717) is 29.7 Å². The van der Waals surface area contributed by atoms with E-state index in [9.17, 15) is 13.2 Å². The Bertz CT molecular complexity index is 2000. The SMILES string of the molecule is COCCN1CCN(c2cc3c(cn2)CN(c2nccc(-c4nccc(C#Cn5ncc6ccccc65)n4)n2)C3)CC1.O=C(O)C(F)(F)F. The van der Waals surface area contributed by atoms with E-state index in [2.05, 4.69) is 52.8 Å². The van der Waals surface area contributed by atoms with Crippen LogP contribution in [0.5, 0.6) is 0 Å². The lowest BCUT2D eigenvalue weighted by Gasteiger charge is -2.35. The van der Waals surface area contributed by atoms with Crippen molar-refractivity contribution in [2.24, 2.45) is 0 Å². The van der Waals surface area contributed by atoms with Crippen LogP contribution in [0, 0.1) is 12.0 Å². The Kier molecular flexibility index (Phi) is 9.92. The number of halogens is 3. The fourth-order valence-electron chi connectivity index (χ4n) is 5.35. The molecule has 1 saturated heterocycles. The van der Waals surface area contributed by atoms with Crippen molar-refractivity contribution in [3.8, 4) is 23.5 Å². The molecule has 1 fully saturated rings. The molecule has 0 bridgehead atoms. The van der Waals surface area contributed by atoms with Crippen molar-refractivity contribution >= 4 is 28.6 Å². The number of piperazine rings is 1. The predicted molar refractivity (Wildman–Crippen MR) is 173 cm³/mol. The van der Waals surface area contributed by atoms with Gasteiger partial charge in [0.2, 0.25) is 5.95 Å². The predicted octanol–water partition coefficient (Wildman–Crippen LogP) is 3.46. The Morgan fingerprint density at radius 2 is 1.69 bits per heavy atom. The van der Waals surface area contributed by atoms with Gasteiger partial charge in [0.05, 0.1) is 18.3 Å². The van der Waals surface area contributed by atoms with Gasteiger partial charge in [0, 0.05) is 82.9 Å². The smallest absolute Gasteiger partial charge is 0.475 e. The van der Waals surface area contributed by atoms with Crippen LogP contribution in [0.2, 0.25) is 0 Å². The zero-order valence-corrected chi connectivity index (χ0v) is 26.4. The molecule has 0 spiro atoms. The average molecular weight is 673 g/mol. The lowest BCUT2D eigenvalue weighted by molar-refractivity contribution is -0.192. The van der Waals surface area contributed by atoms with Crippen molar-refractivity contribution in [2.45, 2.75) is 19.3 Å². The summed E-state index contributed by atoms with van der Waals surface area (Å²) in [5, 5.41) is 12.5. The van der Waals surface area contributed by atoms with Crippen LogP contribution in [0.15, 0.2) is 67.3 Å². The van der Waals surface area contributed by atoms with E-state index in [4.69, 9.17) is 24.6 Å². The molecular weight excluding hydrogens is 641 g/mol. The first-order valence-corrected chi connectivity index (χ1v) is 15.3. The molecule has 1 aromatic carbocycles. The van der Waals surface area contributed by atoms with Gasteiger partial charge in [-0.1, -0.05) is 18.2 Å². The normalized spacial score (nSPS) is 14.5. The van der Waals surface area contributed by atoms with Crippen molar-refractivity contribution in [3.63, 3.8) is 0 Å². The number of methoxy groups -OCH3 is 1. The summed E-state index contributed by atoms with van der Waals surface area (Å²) < 4.78 is 38.6. The van der Waals surface area contributed by atoms with Crippen molar-refractivity contribution < 1.29 is 27.8 Å². The molecule has 0 aliphatic carbocycles. The molecule has 0 saturated carbocycles. The third kappa shape index (κ3) is 8.08. The number of hydrogen-bond donors (Lipinski definition) is 1. The van der Waals surface area contributed by atoms with Gasteiger partial charge in [-0.05, 0) is 41.3 Å². The Labute approximate surface area is 279 Å². The second-order valence-corrected chi connectivity index (χ2v) is 11.2. The van der Waals surface area contributed by atoms with Gasteiger partial charge in [0.25, 0.3) is 0 Å². The lowest BCUT2D eigenvalue weighted by Crippen LogP contribution is -2.47. The molecule has 2 aliphatic rings. The summed E-state index contributed by atoms with van der Waals surface area (Å²) in [6.45, 7) is 7.15. The number of para-hydroxylation sites is 1. The molecule has 13 nitrogen and oxygen atoms in total. The van der Waals surface area contributed by atoms with Crippen LogP contribution in [0.25, 0.3) is 22.4 Å². The minimum Gasteiger partial charge on any atom is -0.475 e. The van der Waals surface area contributed by atoms with E-state index in [1.807, 2.05) is 36.5 Å². The number of carbonyl (C=O) groups is 1. The lowest BCUT2D eigenvalue weighted by atomic mass is 10.2. The molecule has 0 amide bonds. The van der Waals surface area contributed by atoms with E-state index in [-0.39, 0.29) is 0 Å². The third-order valence-electron chi connectivity index (χ3n) is 7.92. The number of fused-ring (bicyclic) bond motifs is 2. The molecule has 7 rings (SSSR count). The Hall–Kier alpha value is -5.66. The number of hydrogen-bond acceptors (Lipinski definition) is 11. The van der Waals surface area contributed by atoms with Gasteiger partial charge in [-0.2, -0.15) is 23.0 Å². The Balaban J connectivity index is 0.000000540. The first-order chi connectivity index (χ1) is 23.7. The fourth-order valence-corrected chi connectivity index (χ4v) is 5.35. The average Bonchev–Trinajstić information content (AvgIpc) is 3.74. The first kappa shape index (κ1) is 33.2. The Morgan fingerprint density at radius 1 is 0.939 bits per heavy atom. The number of aromatic nitrogens is 7. The highest BCUT2D eigenvalue weighted by Crippen LogP contribution is 2.29. The molecule has 0 unspecified atom stereocenters. The highest BCUT2D eigenvalue weighted by molar-refractivity contribution is 5.79. The quantitative estimate of drug-likeness (QED) is 0.265. The third-order valence-corrected chi connectivity index (χ3v) is 7.92. The topological polar surface area (TPSA) is 139 Å². The summed E-state index contributed by atoms with van der Waals surface area (Å²) in [6.07, 6.45) is 2.17. The Morgan fingerprint density at radius 3 is 2.47 bits per heavy atom. The van der Waals surface area contributed by atoms with Crippen LogP contribution >= 0.6 is 0 Å². The number of carboxylic acid groups (broad SMARTS) is 1. The van der Waals surface area contributed by atoms with Gasteiger partial charge in [-0.25, -0.2) is 29.7 Å². The number of benzene rings is 1. The van der Waals surface area contributed by atoms with Crippen LogP contribution in [0.1, 0.15) is 16.8 Å². The summed E-state index contributed by atoms with van der Waals surface area (Å²) in [4.78, 5) is 39.2. The van der Waals surface area contributed by atoms with Crippen LogP contribution in [-0.4, -0.2) is 103 Å². The molecule has 0 atom stereocenters. The van der Waals surface area contributed by atoms with Gasteiger partial charge >= 0.3 is 12.1 Å². The maximum absolute atomic E-state index is 10.6. The number of nitrogens with zero attached hydrogens (tertiary/aromatic N) is 10. The number of rotatable bonds is 6. The number of pyridine rings is 1. The van der Waals surface area contributed by atoms with Gasteiger partial charge in [-0.15, -0.1) is 0 Å². The second-order valence-electron chi connectivity index (χ2n) is 11.2. The van der Waals surface area contributed by atoms with E-state index in [1.54, 1.807) is 36.4 Å². The molecule has 6 heterocycles. The minimum absolute atomic E-state index is 0.501. The zero-order chi connectivity index (χ0) is 34.4. The summed E-state index contributed by atoms with van der Waals surface area (Å²) in [6, 6.07) is 16.9. The molecular formula is C33H31F3N10O3. The van der Waals surface area contributed by atoms with Gasteiger partial charge in [-0.3, -0.25) is 4.90 Å². The van der Waals surface area contributed by atoms with Crippen molar-refractivity contribution in [3.05, 3.63) is 84.1 Å². The second kappa shape index (κ2) is 14.6. The molecule has 2 aliphatic heterocycles. The van der Waals surface area contributed by atoms with E-state index < -0.39 is 12.1 Å². The van der Waals surface area contributed by atoms with Gasteiger partial charge in [0.1, 0.15) is 17.2 Å². The van der Waals surface area contributed by atoms with Crippen LogP contribution in [0.4, 0.5) is 24.9 Å². The first-order valence-electron chi connectivity index (χ1n) is 15.3. The molecule has 49 heavy (non-hydrogen) atoms. The van der Waals surface area contributed by atoms with E-state index in [1.165, 1.54) is 11.1 Å². The van der Waals surface area contributed by atoms with Crippen LogP contribution in [0.3, 0.4) is 0 Å². The highest BCUT2D eigenvalue weighted by atomic mass is 19.4. The molecule has 252 valence electrons. The maximum atomic E-state index is 10.6. The highest BCUT2D eigenvalue weighted by Gasteiger charge is 2.38. The summed E-state index contributed by atoms with van der Waals surface area (Å²) in [5.41, 5.74) is 4.65. The van der Waals surface area contributed by atoms with E-state index >= 15 is 0 Å². The van der Waals surface area contributed by atoms with Gasteiger partial charge < -0.3 is 19.6 Å². The largest absolute Gasteiger partial charge is 0.490 e. The van der Waals surface area contributed by atoms with Gasteiger partial charge in [0.15, 0.2) is 5.82 Å². The van der Waals surface area contributed by atoms with Crippen LogP contribution < -0.4 is 9.80 Å². The molecule has 5 aromatic rings. The number of aliphatic carboxylic acids is 1. The van der Waals surface area contributed by atoms with Crippen molar-refractivity contribution in [2.75, 3.05) is 56.2 Å². The molecule has 4 aromatic heterocycles. The summed E-state index contributed by atoms with van der Waals surface area (Å²) >= 11 is 0. The zero-order valence-electron chi connectivity index (χ0n) is 26.4. The van der Waals surface area contributed by atoms with Crippen molar-refractivity contribution in [1.29, 1.82) is 0 Å². The number of ether oxygens (including phenoxy) is 1. The number of alkyl halides is 3. The van der Waals surface area contributed by atoms with E-state index in [0.717, 1.165) is 62.6 Å². The number of anilines is 2. The monoisotopic (exact) mass is 672 g/mol. The van der Waals surface area contributed by atoms with Crippen molar-refractivity contribution in [1.82, 2.24) is 39.6 Å². The molecule has 16 heteroatoms. The molecule has 1 N–H and O–H groups in total. The maximum Gasteiger partial charge on any atom is 0.490 e. The standard InChI is InChI=1S/C31H30N10O.C2HF3O2/c1-42-17-16-38-12-14-39(15-13-38)29-18-24-21-40(22-25(24)19-34-29)31-33-10-7-27(37-31)30-32-9-6-26(36-30)8-11-41-28-5-3-2-4-23(28)20-35-41;3-2(4,5)1(6)7/h2-7,9-10,18-20H,12-17,21-22H2,1H3;(H,6,7).